The van der Waals surface area contributed by atoms with Crippen molar-refractivity contribution in [2.24, 2.45) is 0 Å². The Hall–Kier alpha value is -1.18. The highest BCUT2D eigenvalue weighted by Crippen LogP contribution is 2.23. The molecule has 19 heavy (non-hydrogen) atoms. The molecule has 1 fully saturated rings. The van der Waals surface area contributed by atoms with E-state index in [1.54, 1.807) is 0 Å². The summed E-state index contributed by atoms with van der Waals surface area (Å²) >= 11 is 0. The fraction of sp³-hybridized carbons (Fsp3) is 0.833. The van der Waals surface area contributed by atoms with Crippen molar-refractivity contribution in [3.8, 4) is 0 Å². The Morgan fingerprint density at radius 3 is 2.21 bits per heavy atom. The van der Waals surface area contributed by atoms with E-state index in [0.29, 0.717) is 6.61 Å². The molecule has 7 heteroatoms. The molecule has 7 nitrogen and oxygen atoms in total. The van der Waals surface area contributed by atoms with Crippen molar-refractivity contribution in [3.05, 3.63) is 0 Å². The minimum absolute atomic E-state index is 0.130. The third-order valence-electron chi connectivity index (χ3n) is 2.75. The summed E-state index contributed by atoms with van der Waals surface area (Å²) in [7, 11) is 3.01. The molecule has 0 aromatic carbocycles. The van der Waals surface area contributed by atoms with Crippen molar-refractivity contribution < 1.29 is 33.3 Å². The highest BCUT2D eigenvalue weighted by atomic mass is 16.6. The molecule has 0 spiro atoms. The standard InChI is InChI=1S/C12H20O7/c1-7(13)18-10-6-17-9(5-15-3)11(16-4)12(10)19-8(2)14/h9-12H,5-6H2,1-4H3/t9-,10-,11-,12+/m0/s1. The average molecular weight is 276 g/mol. The summed E-state index contributed by atoms with van der Waals surface area (Å²) < 4.78 is 26.2. The Morgan fingerprint density at radius 1 is 1.11 bits per heavy atom. The molecule has 0 aliphatic carbocycles. The van der Waals surface area contributed by atoms with Gasteiger partial charge in [0.2, 0.25) is 0 Å². The zero-order valence-electron chi connectivity index (χ0n) is 11.6. The minimum atomic E-state index is -0.708. The van der Waals surface area contributed by atoms with Crippen LogP contribution in [0.1, 0.15) is 13.8 Å². The van der Waals surface area contributed by atoms with Crippen molar-refractivity contribution in [2.45, 2.75) is 38.3 Å². The van der Waals surface area contributed by atoms with Crippen LogP contribution in [0.25, 0.3) is 0 Å². The van der Waals surface area contributed by atoms with Crippen LogP contribution in [0.3, 0.4) is 0 Å². The zero-order valence-corrected chi connectivity index (χ0v) is 11.6. The summed E-state index contributed by atoms with van der Waals surface area (Å²) in [6.07, 6.45) is -2.33. The topological polar surface area (TPSA) is 80.3 Å². The van der Waals surface area contributed by atoms with Gasteiger partial charge in [0.25, 0.3) is 0 Å². The van der Waals surface area contributed by atoms with Gasteiger partial charge in [-0.05, 0) is 0 Å². The van der Waals surface area contributed by atoms with E-state index in [0.717, 1.165) is 0 Å². The number of carbonyl (C=O) groups excluding carboxylic acids is 2. The summed E-state index contributed by atoms with van der Waals surface area (Å²) in [6.45, 7) is 3.00. The lowest BCUT2D eigenvalue weighted by Gasteiger charge is -2.40. The molecule has 0 N–H and O–H groups in total. The van der Waals surface area contributed by atoms with Gasteiger partial charge in [-0.2, -0.15) is 0 Å². The predicted octanol–water partition coefficient (Wildman–Crippen LogP) is -0.0900. The molecule has 1 heterocycles. The van der Waals surface area contributed by atoms with E-state index in [9.17, 15) is 9.59 Å². The second kappa shape index (κ2) is 7.42. The Labute approximate surface area is 112 Å². The van der Waals surface area contributed by atoms with Gasteiger partial charge in [0, 0.05) is 28.1 Å². The number of carbonyl (C=O) groups is 2. The molecule has 0 aromatic heterocycles. The first-order chi connectivity index (χ1) is 8.99. The second-order valence-corrected chi connectivity index (χ2v) is 4.25. The number of ether oxygens (including phenoxy) is 5. The van der Waals surface area contributed by atoms with Crippen LogP contribution in [0, 0.1) is 0 Å². The Balaban J connectivity index is 2.84. The van der Waals surface area contributed by atoms with Gasteiger partial charge >= 0.3 is 11.9 Å². The number of hydrogen-bond donors (Lipinski definition) is 0. The third-order valence-corrected chi connectivity index (χ3v) is 2.75. The van der Waals surface area contributed by atoms with E-state index >= 15 is 0 Å². The Kier molecular flexibility index (Phi) is 6.20. The molecular formula is C12H20O7. The molecule has 1 aliphatic heterocycles. The van der Waals surface area contributed by atoms with Crippen LogP contribution in [0.5, 0.6) is 0 Å². The van der Waals surface area contributed by atoms with Gasteiger partial charge in [0.1, 0.15) is 12.2 Å². The van der Waals surface area contributed by atoms with Gasteiger partial charge in [0.15, 0.2) is 12.2 Å². The molecule has 1 aliphatic rings. The van der Waals surface area contributed by atoms with Crippen LogP contribution in [-0.2, 0) is 33.3 Å². The summed E-state index contributed by atoms with van der Waals surface area (Å²) in [4.78, 5) is 22.2. The van der Waals surface area contributed by atoms with Gasteiger partial charge < -0.3 is 23.7 Å². The quantitative estimate of drug-likeness (QED) is 0.649. The smallest absolute Gasteiger partial charge is 0.303 e. The third kappa shape index (κ3) is 4.45. The summed E-state index contributed by atoms with van der Waals surface area (Å²) in [5.74, 6) is -0.937. The second-order valence-electron chi connectivity index (χ2n) is 4.25. The summed E-state index contributed by atoms with van der Waals surface area (Å²) in [6, 6.07) is 0. The van der Waals surface area contributed by atoms with Gasteiger partial charge in [-0.15, -0.1) is 0 Å². The van der Waals surface area contributed by atoms with Crippen LogP contribution >= 0.6 is 0 Å². The van der Waals surface area contributed by atoms with Crippen molar-refractivity contribution in [3.63, 3.8) is 0 Å². The lowest BCUT2D eigenvalue weighted by Crippen LogP contribution is -2.57. The van der Waals surface area contributed by atoms with Gasteiger partial charge in [-0.25, -0.2) is 0 Å². The SMILES string of the molecule is COC[C@@H]1OC[C@H](OC(C)=O)[C@@H](OC(C)=O)[C@H]1OC. The van der Waals surface area contributed by atoms with Gasteiger partial charge in [-0.1, -0.05) is 0 Å². The van der Waals surface area contributed by atoms with Crippen molar-refractivity contribution in [1.29, 1.82) is 0 Å². The maximum Gasteiger partial charge on any atom is 0.303 e. The van der Waals surface area contributed by atoms with E-state index < -0.39 is 30.3 Å². The fourth-order valence-electron chi connectivity index (χ4n) is 2.07. The highest BCUT2D eigenvalue weighted by Gasteiger charge is 2.44. The summed E-state index contributed by atoms with van der Waals surface area (Å²) in [5, 5.41) is 0. The fourth-order valence-corrected chi connectivity index (χ4v) is 2.07. The first-order valence-electron chi connectivity index (χ1n) is 5.97. The van der Waals surface area contributed by atoms with Crippen molar-refractivity contribution in [1.82, 2.24) is 0 Å². The largest absolute Gasteiger partial charge is 0.456 e. The summed E-state index contributed by atoms with van der Waals surface area (Å²) in [5.41, 5.74) is 0. The van der Waals surface area contributed by atoms with Crippen LogP contribution < -0.4 is 0 Å². The maximum absolute atomic E-state index is 11.2. The zero-order chi connectivity index (χ0) is 14.4. The van der Waals surface area contributed by atoms with Crippen LogP contribution in [0.2, 0.25) is 0 Å². The molecular weight excluding hydrogens is 256 g/mol. The lowest BCUT2D eigenvalue weighted by molar-refractivity contribution is -0.227. The monoisotopic (exact) mass is 276 g/mol. The Bertz CT molecular complexity index is 317. The molecule has 1 saturated heterocycles. The molecule has 0 radical (unpaired) electrons. The highest BCUT2D eigenvalue weighted by molar-refractivity contribution is 5.67. The van der Waals surface area contributed by atoms with Crippen LogP contribution in [0.15, 0.2) is 0 Å². The first-order valence-corrected chi connectivity index (χ1v) is 5.97. The van der Waals surface area contributed by atoms with E-state index in [1.807, 2.05) is 0 Å². The number of esters is 2. The molecule has 110 valence electrons. The van der Waals surface area contributed by atoms with Crippen LogP contribution in [0.4, 0.5) is 0 Å². The van der Waals surface area contributed by atoms with Gasteiger partial charge in [0.05, 0.1) is 13.2 Å². The average Bonchev–Trinajstić information content (AvgIpc) is 2.32. The lowest BCUT2D eigenvalue weighted by atomic mass is 9.99. The van der Waals surface area contributed by atoms with E-state index in [1.165, 1.54) is 28.1 Å². The number of methoxy groups -OCH3 is 2. The van der Waals surface area contributed by atoms with E-state index in [-0.39, 0.29) is 12.7 Å². The van der Waals surface area contributed by atoms with Gasteiger partial charge in [-0.3, -0.25) is 9.59 Å². The molecule has 0 bridgehead atoms. The van der Waals surface area contributed by atoms with Crippen molar-refractivity contribution in [2.75, 3.05) is 27.4 Å². The first kappa shape index (κ1) is 15.9. The molecule has 0 saturated carbocycles. The maximum atomic E-state index is 11.2. The molecule has 4 atom stereocenters. The Morgan fingerprint density at radius 2 is 1.74 bits per heavy atom. The number of rotatable bonds is 5. The molecule has 1 rings (SSSR count). The molecule has 0 aromatic rings. The van der Waals surface area contributed by atoms with E-state index in [4.69, 9.17) is 23.7 Å². The van der Waals surface area contributed by atoms with Crippen molar-refractivity contribution >= 4 is 11.9 Å². The number of hydrogen-bond acceptors (Lipinski definition) is 7. The predicted molar refractivity (Wildman–Crippen MR) is 63.5 cm³/mol. The van der Waals surface area contributed by atoms with Crippen LogP contribution in [-0.4, -0.2) is 63.8 Å². The van der Waals surface area contributed by atoms with E-state index in [2.05, 4.69) is 0 Å². The minimum Gasteiger partial charge on any atom is -0.456 e. The molecule has 0 unspecified atom stereocenters. The normalized spacial score (nSPS) is 30.7. The molecule has 0 amide bonds.